The summed E-state index contributed by atoms with van der Waals surface area (Å²) in [7, 11) is 0. The van der Waals surface area contributed by atoms with Crippen LogP contribution in [-0.4, -0.2) is 35.8 Å². The molecule has 2 rings (SSSR count). The molecule has 0 aliphatic carbocycles. The monoisotopic (exact) mass is 238 g/mol. The van der Waals surface area contributed by atoms with Crippen LogP contribution in [0.4, 0.5) is 0 Å². The third-order valence-corrected chi connectivity index (χ3v) is 2.95. The Labute approximate surface area is 101 Å². The maximum Gasteiger partial charge on any atom is 0.358 e. The Hall–Kier alpha value is -1.36. The molecule has 1 fully saturated rings. The van der Waals surface area contributed by atoms with Gasteiger partial charge in [0.15, 0.2) is 5.69 Å². The Morgan fingerprint density at radius 2 is 2.24 bits per heavy atom. The molecule has 0 aromatic carbocycles. The van der Waals surface area contributed by atoms with E-state index in [2.05, 4.69) is 9.97 Å². The van der Waals surface area contributed by atoms with Crippen LogP contribution in [0.3, 0.4) is 0 Å². The minimum absolute atomic E-state index is 0.323. The summed E-state index contributed by atoms with van der Waals surface area (Å²) < 4.78 is 10.3. The van der Waals surface area contributed by atoms with Crippen molar-refractivity contribution in [1.82, 2.24) is 9.97 Å². The zero-order valence-corrected chi connectivity index (χ0v) is 10.3. The van der Waals surface area contributed by atoms with Gasteiger partial charge in [-0.3, -0.25) is 0 Å². The van der Waals surface area contributed by atoms with E-state index in [4.69, 9.17) is 9.47 Å². The number of ether oxygens (including phenoxy) is 2. The van der Waals surface area contributed by atoms with Crippen molar-refractivity contribution >= 4 is 5.97 Å². The second kappa shape index (κ2) is 5.31. The molecule has 5 nitrogen and oxygen atoms in total. The highest BCUT2D eigenvalue weighted by molar-refractivity contribution is 5.88. The topological polar surface area (TPSA) is 64.2 Å². The van der Waals surface area contributed by atoms with Gasteiger partial charge in [-0.1, -0.05) is 0 Å². The number of carbonyl (C=O) groups excluding carboxylic acids is 1. The van der Waals surface area contributed by atoms with Crippen molar-refractivity contribution in [2.45, 2.75) is 32.6 Å². The number of imidazole rings is 1. The van der Waals surface area contributed by atoms with Gasteiger partial charge in [0.25, 0.3) is 0 Å². The van der Waals surface area contributed by atoms with Crippen LogP contribution in [0.25, 0.3) is 0 Å². The number of hydrogen-bond donors (Lipinski definition) is 1. The van der Waals surface area contributed by atoms with Crippen LogP contribution in [0.1, 0.15) is 47.7 Å². The quantitative estimate of drug-likeness (QED) is 0.815. The molecule has 1 N–H and O–H groups in total. The first-order chi connectivity index (χ1) is 8.22. The molecule has 0 saturated carbocycles. The summed E-state index contributed by atoms with van der Waals surface area (Å²) in [6.07, 6.45) is 1.85. The molecule has 2 heterocycles. The molecule has 1 saturated heterocycles. The third-order valence-electron chi connectivity index (χ3n) is 2.95. The lowest BCUT2D eigenvalue weighted by molar-refractivity contribution is 0.0512. The van der Waals surface area contributed by atoms with Crippen LogP contribution < -0.4 is 0 Å². The molecule has 5 heteroatoms. The molecule has 1 aromatic rings. The molecule has 0 radical (unpaired) electrons. The largest absolute Gasteiger partial charge is 0.461 e. The van der Waals surface area contributed by atoms with E-state index in [1.807, 2.05) is 6.92 Å². The van der Waals surface area contributed by atoms with Gasteiger partial charge in [-0.25, -0.2) is 9.78 Å². The Kier molecular flexibility index (Phi) is 3.78. The SMILES string of the molecule is CCOC(=O)c1nc(C)[nH]c1C1CCOCC1. The van der Waals surface area contributed by atoms with Crippen molar-refractivity contribution in [2.75, 3.05) is 19.8 Å². The molecular formula is C12H18N2O3. The highest BCUT2D eigenvalue weighted by Gasteiger charge is 2.25. The second-order valence-corrected chi connectivity index (χ2v) is 4.19. The molecule has 0 spiro atoms. The van der Waals surface area contributed by atoms with Crippen LogP contribution in [0, 0.1) is 6.92 Å². The van der Waals surface area contributed by atoms with E-state index >= 15 is 0 Å². The van der Waals surface area contributed by atoms with Gasteiger partial charge in [0.2, 0.25) is 0 Å². The summed E-state index contributed by atoms with van der Waals surface area (Å²) in [5.41, 5.74) is 1.35. The fourth-order valence-electron chi connectivity index (χ4n) is 2.15. The number of aryl methyl sites for hydroxylation is 1. The lowest BCUT2D eigenvalue weighted by Gasteiger charge is -2.21. The predicted octanol–water partition coefficient (Wildman–Crippen LogP) is 1.79. The summed E-state index contributed by atoms with van der Waals surface area (Å²) >= 11 is 0. The second-order valence-electron chi connectivity index (χ2n) is 4.19. The van der Waals surface area contributed by atoms with Gasteiger partial charge in [-0.2, -0.15) is 0 Å². The van der Waals surface area contributed by atoms with Gasteiger partial charge in [-0.15, -0.1) is 0 Å². The highest BCUT2D eigenvalue weighted by atomic mass is 16.5. The number of nitrogens with one attached hydrogen (secondary N) is 1. The normalized spacial score (nSPS) is 17.1. The van der Waals surface area contributed by atoms with Gasteiger partial charge in [0.05, 0.1) is 12.3 Å². The third kappa shape index (κ3) is 2.66. The molecule has 1 aliphatic heterocycles. The predicted molar refractivity (Wildman–Crippen MR) is 62.1 cm³/mol. The van der Waals surface area contributed by atoms with Crippen LogP contribution in [0.15, 0.2) is 0 Å². The van der Waals surface area contributed by atoms with Crippen LogP contribution >= 0.6 is 0 Å². The highest BCUT2D eigenvalue weighted by Crippen LogP contribution is 2.28. The number of nitrogens with zero attached hydrogens (tertiary/aromatic N) is 1. The fraction of sp³-hybridized carbons (Fsp3) is 0.667. The summed E-state index contributed by atoms with van der Waals surface area (Å²) in [6, 6.07) is 0. The number of esters is 1. The van der Waals surface area contributed by atoms with Crippen molar-refractivity contribution < 1.29 is 14.3 Å². The zero-order valence-electron chi connectivity index (χ0n) is 10.3. The van der Waals surface area contributed by atoms with Crippen molar-refractivity contribution in [3.05, 3.63) is 17.2 Å². The van der Waals surface area contributed by atoms with E-state index in [1.54, 1.807) is 6.92 Å². The van der Waals surface area contributed by atoms with E-state index < -0.39 is 0 Å². The molecular weight excluding hydrogens is 220 g/mol. The first-order valence-corrected chi connectivity index (χ1v) is 6.03. The van der Waals surface area contributed by atoms with Crippen molar-refractivity contribution in [1.29, 1.82) is 0 Å². The maximum absolute atomic E-state index is 11.8. The molecule has 0 bridgehead atoms. The summed E-state index contributed by atoms with van der Waals surface area (Å²) in [5, 5.41) is 0. The van der Waals surface area contributed by atoms with E-state index in [1.165, 1.54) is 0 Å². The smallest absolute Gasteiger partial charge is 0.358 e. The average Bonchev–Trinajstić information content (AvgIpc) is 2.73. The van der Waals surface area contributed by atoms with E-state index in [-0.39, 0.29) is 5.97 Å². The number of rotatable bonds is 3. The first-order valence-electron chi connectivity index (χ1n) is 6.03. The Balaban J connectivity index is 2.22. The maximum atomic E-state index is 11.8. The summed E-state index contributed by atoms with van der Waals surface area (Å²) in [6.45, 7) is 5.51. The van der Waals surface area contributed by atoms with Crippen LogP contribution in [-0.2, 0) is 9.47 Å². The Bertz CT molecular complexity index is 394. The van der Waals surface area contributed by atoms with Crippen molar-refractivity contribution in [2.24, 2.45) is 0 Å². The number of hydrogen-bond acceptors (Lipinski definition) is 4. The molecule has 0 amide bonds. The molecule has 1 aliphatic rings. The average molecular weight is 238 g/mol. The first kappa shape index (κ1) is 12.1. The summed E-state index contributed by atoms with van der Waals surface area (Å²) in [4.78, 5) is 19.2. The van der Waals surface area contributed by atoms with E-state index in [0.29, 0.717) is 18.2 Å². The number of aromatic nitrogens is 2. The van der Waals surface area contributed by atoms with Gasteiger partial charge in [0, 0.05) is 19.1 Å². The molecule has 1 aromatic heterocycles. The van der Waals surface area contributed by atoms with E-state index in [9.17, 15) is 4.79 Å². The van der Waals surface area contributed by atoms with Gasteiger partial charge >= 0.3 is 5.97 Å². The van der Waals surface area contributed by atoms with Gasteiger partial charge < -0.3 is 14.5 Å². The molecule has 0 atom stereocenters. The summed E-state index contributed by atoms with van der Waals surface area (Å²) in [5.74, 6) is 0.747. The Morgan fingerprint density at radius 1 is 1.53 bits per heavy atom. The van der Waals surface area contributed by atoms with Crippen LogP contribution in [0.2, 0.25) is 0 Å². The van der Waals surface area contributed by atoms with E-state index in [0.717, 1.165) is 37.6 Å². The Morgan fingerprint density at radius 3 is 2.88 bits per heavy atom. The number of carbonyl (C=O) groups is 1. The molecule has 17 heavy (non-hydrogen) atoms. The lowest BCUT2D eigenvalue weighted by atomic mass is 9.95. The van der Waals surface area contributed by atoms with Crippen molar-refractivity contribution in [3.63, 3.8) is 0 Å². The van der Waals surface area contributed by atoms with Gasteiger partial charge in [0.1, 0.15) is 5.82 Å². The van der Waals surface area contributed by atoms with Crippen molar-refractivity contribution in [3.8, 4) is 0 Å². The standard InChI is InChI=1S/C12H18N2O3/c1-3-17-12(15)11-10(13-8(2)14-11)9-4-6-16-7-5-9/h9H,3-7H2,1-2H3,(H,13,14). The number of aromatic amines is 1. The fourth-order valence-corrected chi connectivity index (χ4v) is 2.15. The van der Waals surface area contributed by atoms with Crippen LogP contribution in [0.5, 0.6) is 0 Å². The molecule has 0 unspecified atom stereocenters. The van der Waals surface area contributed by atoms with Gasteiger partial charge in [-0.05, 0) is 26.7 Å². The zero-order chi connectivity index (χ0) is 12.3. The number of H-pyrrole nitrogens is 1. The lowest BCUT2D eigenvalue weighted by Crippen LogP contribution is -2.17. The minimum Gasteiger partial charge on any atom is -0.461 e. The molecule has 94 valence electrons. The minimum atomic E-state index is -0.335.